The van der Waals surface area contributed by atoms with Crippen LogP contribution in [0.4, 0.5) is 5.69 Å². The number of carbonyl (C=O) groups is 1. The first-order valence-corrected chi connectivity index (χ1v) is 6.67. The third-order valence-corrected chi connectivity index (χ3v) is 3.31. The molecule has 0 fully saturated rings. The van der Waals surface area contributed by atoms with Crippen molar-refractivity contribution in [2.45, 2.75) is 13.0 Å². The predicted molar refractivity (Wildman–Crippen MR) is 79.3 cm³/mol. The summed E-state index contributed by atoms with van der Waals surface area (Å²) in [5.74, 6) is -0.899. The van der Waals surface area contributed by atoms with E-state index in [2.05, 4.69) is 21.2 Å². The van der Waals surface area contributed by atoms with E-state index in [-0.39, 0.29) is 0 Å². The Morgan fingerprint density at radius 3 is 2.47 bits per heavy atom. The van der Waals surface area contributed by atoms with E-state index in [0.29, 0.717) is 0 Å². The van der Waals surface area contributed by atoms with E-state index in [4.69, 9.17) is 0 Å². The Kier molecular flexibility index (Phi) is 4.22. The lowest BCUT2D eigenvalue weighted by molar-refractivity contribution is -0.138. The number of aryl methyl sites for hydroxylation is 1. The van der Waals surface area contributed by atoms with Crippen molar-refractivity contribution < 1.29 is 9.90 Å². The van der Waals surface area contributed by atoms with Crippen molar-refractivity contribution in [1.29, 1.82) is 0 Å². The molecule has 2 N–H and O–H groups in total. The van der Waals surface area contributed by atoms with Crippen LogP contribution in [0.25, 0.3) is 0 Å². The fourth-order valence-electron chi connectivity index (χ4n) is 1.84. The van der Waals surface area contributed by atoms with Crippen molar-refractivity contribution in [2.75, 3.05) is 5.32 Å². The van der Waals surface area contributed by atoms with E-state index in [9.17, 15) is 9.90 Å². The molecule has 0 bridgehead atoms. The topological polar surface area (TPSA) is 49.3 Å². The Labute approximate surface area is 120 Å². The molecule has 2 aromatic rings. The normalized spacial score (nSPS) is 11.9. The molecule has 0 saturated heterocycles. The van der Waals surface area contributed by atoms with E-state index in [0.717, 1.165) is 21.3 Å². The second kappa shape index (κ2) is 5.89. The monoisotopic (exact) mass is 319 g/mol. The van der Waals surface area contributed by atoms with Crippen LogP contribution in [-0.4, -0.2) is 11.1 Å². The van der Waals surface area contributed by atoms with E-state index < -0.39 is 12.0 Å². The first-order valence-electron chi connectivity index (χ1n) is 5.88. The van der Waals surface area contributed by atoms with Gasteiger partial charge in [-0.05, 0) is 42.3 Å². The molecule has 4 heteroatoms. The van der Waals surface area contributed by atoms with Gasteiger partial charge in [0.2, 0.25) is 0 Å². The summed E-state index contributed by atoms with van der Waals surface area (Å²) in [5.41, 5.74) is 2.61. The first-order chi connectivity index (χ1) is 9.06. The van der Waals surface area contributed by atoms with Crippen LogP contribution in [0, 0.1) is 6.92 Å². The lowest BCUT2D eigenvalue weighted by Crippen LogP contribution is -2.20. The SMILES string of the molecule is Cc1cccc(NC(C(=O)O)c2ccc(Br)cc2)c1. The maximum absolute atomic E-state index is 11.4. The number of hydrogen-bond acceptors (Lipinski definition) is 2. The summed E-state index contributed by atoms with van der Waals surface area (Å²) >= 11 is 3.34. The summed E-state index contributed by atoms with van der Waals surface area (Å²) in [7, 11) is 0. The number of halogens is 1. The molecule has 0 radical (unpaired) electrons. The molecule has 0 amide bonds. The molecule has 0 aliphatic heterocycles. The molecule has 1 unspecified atom stereocenters. The molecule has 98 valence electrons. The quantitative estimate of drug-likeness (QED) is 0.895. The number of aliphatic carboxylic acids is 1. The number of rotatable bonds is 4. The zero-order valence-corrected chi connectivity index (χ0v) is 12.0. The van der Waals surface area contributed by atoms with E-state index >= 15 is 0 Å². The zero-order valence-electron chi connectivity index (χ0n) is 10.4. The molecular formula is C15H14BrNO2. The number of carboxylic acid groups (broad SMARTS) is 1. The minimum Gasteiger partial charge on any atom is -0.479 e. The summed E-state index contributed by atoms with van der Waals surface area (Å²) in [6.45, 7) is 1.97. The predicted octanol–water partition coefficient (Wildman–Crippen LogP) is 4.00. The van der Waals surface area contributed by atoms with Crippen LogP contribution in [0.15, 0.2) is 53.0 Å². The van der Waals surface area contributed by atoms with E-state index in [1.165, 1.54) is 0 Å². The van der Waals surface area contributed by atoms with Gasteiger partial charge in [-0.1, -0.05) is 40.2 Å². The molecule has 0 aromatic heterocycles. The van der Waals surface area contributed by atoms with Gasteiger partial charge < -0.3 is 10.4 Å². The van der Waals surface area contributed by atoms with Crippen LogP contribution in [-0.2, 0) is 4.79 Å². The molecular weight excluding hydrogens is 306 g/mol. The molecule has 0 heterocycles. The summed E-state index contributed by atoms with van der Waals surface area (Å²) in [4.78, 5) is 11.4. The molecule has 3 nitrogen and oxygen atoms in total. The second-order valence-corrected chi connectivity index (χ2v) is 5.25. The van der Waals surface area contributed by atoms with Gasteiger partial charge in [0.05, 0.1) is 0 Å². The number of nitrogens with one attached hydrogen (secondary N) is 1. The molecule has 0 spiro atoms. The Hall–Kier alpha value is -1.81. The molecule has 19 heavy (non-hydrogen) atoms. The average Bonchev–Trinajstić information content (AvgIpc) is 2.37. The minimum atomic E-state index is -0.899. The number of hydrogen-bond donors (Lipinski definition) is 2. The van der Waals surface area contributed by atoms with Crippen LogP contribution in [0.5, 0.6) is 0 Å². The average molecular weight is 320 g/mol. The second-order valence-electron chi connectivity index (χ2n) is 4.34. The highest BCUT2D eigenvalue weighted by molar-refractivity contribution is 9.10. The van der Waals surface area contributed by atoms with Crippen molar-refractivity contribution in [3.05, 3.63) is 64.1 Å². The summed E-state index contributed by atoms with van der Waals surface area (Å²) in [6, 6.07) is 14.2. The van der Waals surface area contributed by atoms with Gasteiger partial charge in [0.1, 0.15) is 0 Å². The zero-order chi connectivity index (χ0) is 13.8. The number of benzene rings is 2. The van der Waals surface area contributed by atoms with Crippen molar-refractivity contribution in [3.63, 3.8) is 0 Å². The smallest absolute Gasteiger partial charge is 0.330 e. The van der Waals surface area contributed by atoms with Crippen molar-refractivity contribution in [1.82, 2.24) is 0 Å². The van der Waals surface area contributed by atoms with E-state index in [1.807, 2.05) is 43.3 Å². The number of anilines is 1. The van der Waals surface area contributed by atoms with Gasteiger partial charge in [0.15, 0.2) is 6.04 Å². The van der Waals surface area contributed by atoms with Crippen molar-refractivity contribution >= 4 is 27.6 Å². The van der Waals surface area contributed by atoms with Gasteiger partial charge in [-0.15, -0.1) is 0 Å². The molecule has 1 atom stereocenters. The summed E-state index contributed by atoms with van der Waals surface area (Å²) in [6.07, 6.45) is 0. The number of carboxylic acids is 1. The Morgan fingerprint density at radius 1 is 1.21 bits per heavy atom. The first kappa shape index (κ1) is 13.6. The fourth-order valence-corrected chi connectivity index (χ4v) is 2.11. The van der Waals surface area contributed by atoms with Gasteiger partial charge >= 0.3 is 5.97 Å². The van der Waals surface area contributed by atoms with Crippen LogP contribution >= 0.6 is 15.9 Å². The van der Waals surface area contributed by atoms with Crippen LogP contribution in [0.1, 0.15) is 17.2 Å². The van der Waals surface area contributed by atoms with E-state index in [1.54, 1.807) is 12.1 Å². The fraction of sp³-hybridized carbons (Fsp3) is 0.133. The summed E-state index contributed by atoms with van der Waals surface area (Å²) in [5, 5.41) is 12.4. The third-order valence-electron chi connectivity index (χ3n) is 2.78. The maximum Gasteiger partial charge on any atom is 0.330 e. The molecule has 0 aliphatic carbocycles. The molecule has 2 aromatic carbocycles. The van der Waals surface area contributed by atoms with Crippen LogP contribution in [0.3, 0.4) is 0 Å². The minimum absolute atomic E-state index is 0.720. The highest BCUT2D eigenvalue weighted by Gasteiger charge is 2.19. The summed E-state index contributed by atoms with van der Waals surface area (Å²) < 4.78 is 0.927. The molecule has 0 aliphatic rings. The lowest BCUT2D eigenvalue weighted by Gasteiger charge is -2.16. The van der Waals surface area contributed by atoms with Crippen LogP contribution < -0.4 is 5.32 Å². The van der Waals surface area contributed by atoms with Gasteiger partial charge in [-0.2, -0.15) is 0 Å². The molecule has 2 rings (SSSR count). The van der Waals surface area contributed by atoms with Gasteiger partial charge in [0.25, 0.3) is 0 Å². The van der Waals surface area contributed by atoms with Gasteiger partial charge in [-0.3, -0.25) is 0 Å². The standard InChI is InChI=1S/C15H14BrNO2/c1-10-3-2-4-13(9-10)17-14(15(18)19)11-5-7-12(16)8-6-11/h2-9,14,17H,1H3,(H,18,19). The van der Waals surface area contributed by atoms with Crippen LogP contribution in [0.2, 0.25) is 0 Å². The Bertz CT molecular complexity index is 581. The van der Waals surface area contributed by atoms with Crippen molar-refractivity contribution in [3.8, 4) is 0 Å². The van der Waals surface area contributed by atoms with Gasteiger partial charge in [0, 0.05) is 10.2 Å². The Balaban J connectivity index is 2.26. The highest BCUT2D eigenvalue weighted by Crippen LogP contribution is 2.22. The lowest BCUT2D eigenvalue weighted by atomic mass is 10.1. The third kappa shape index (κ3) is 3.58. The largest absolute Gasteiger partial charge is 0.479 e. The van der Waals surface area contributed by atoms with Crippen molar-refractivity contribution in [2.24, 2.45) is 0 Å². The maximum atomic E-state index is 11.4. The highest BCUT2D eigenvalue weighted by atomic mass is 79.9. The van der Waals surface area contributed by atoms with Gasteiger partial charge in [-0.25, -0.2) is 4.79 Å². The molecule has 0 saturated carbocycles. The Morgan fingerprint density at radius 2 is 1.89 bits per heavy atom.